The van der Waals surface area contributed by atoms with Gasteiger partial charge in [0.15, 0.2) is 5.82 Å². The molecule has 0 radical (unpaired) electrons. The van der Waals surface area contributed by atoms with Crippen LogP contribution in [0.4, 0.5) is 8.78 Å². The van der Waals surface area contributed by atoms with E-state index in [0.29, 0.717) is 19.7 Å². The zero-order valence-electron chi connectivity index (χ0n) is 12.5. The Morgan fingerprint density at radius 2 is 2.18 bits per heavy atom. The molecule has 22 heavy (non-hydrogen) atoms. The molecular formula is C15H19F2N3O2. The van der Waals surface area contributed by atoms with Crippen molar-refractivity contribution in [3.8, 4) is 0 Å². The number of aromatic nitrogens is 1. The van der Waals surface area contributed by atoms with Gasteiger partial charge in [-0.1, -0.05) is 0 Å². The van der Waals surface area contributed by atoms with Gasteiger partial charge < -0.3 is 14.5 Å². The number of carbonyl (C=O) groups excluding carboxylic acids is 1. The number of amides is 1. The van der Waals surface area contributed by atoms with E-state index < -0.39 is 17.7 Å². The molecule has 0 unspecified atom stereocenters. The first-order valence-electron chi connectivity index (χ1n) is 7.35. The number of methoxy groups -OCH3 is 1. The highest BCUT2D eigenvalue weighted by atomic mass is 19.1. The summed E-state index contributed by atoms with van der Waals surface area (Å²) < 4.78 is 31.8. The third kappa shape index (κ3) is 2.83. The Bertz CT molecular complexity index is 576. The smallest absolute Gasteiger partial charge is 0.257 e. The molecular weight excluding hydrogens is 292 g/mol. The van der Waals surface area contributed by atoms with Crippen molar-refractivity contribution in [1.82, 2.24) is 14.8 Å². The number of carbonyl (C=O) groups is 1. The van der Waals surface area contributed by atoms with Crippen molar-refractivity contribution in [2.45, 2.75) is 6.42 Å². The second-order valence-electron chi connectivity index (χ2n) is 6.17. The van der Waals surface area contributed by atoms with Gasteiger partial charge in [0.2, 0.25) is 5.95 Å². The quantitative estimate of drug-likeness (QED) is 0.783. The fraction of sp³-hybridized carbons (Fsp3) is 0.600. The van der Waals surface area contributed by atoms with Crippen LogP contribution in [-0.2, 0) is 4.74 Å². The molecule has 2 fully saturated rings. The van der Waals surface area contributed by atoms with Gasteiger partial charge in [-0.2, -0.15) is 4.39 Å². The molecule has 0 aromatic carbocycles. The molecule has 0 bridgehead atoms. The molecule has 0 atom stereocenters. The van der Waals surface area contributed by atoms with Crippen molar-refractivity contribution in [3.05, 3.63) is 29.6 Å². The van der Waals surface area contributed by atoms with Crippen molar-refractivity contribution >= 4 is 5.91 Å². The lowest BCUT2D eigenvalue weighted by Crippen LogP contribution is -2.59. The number of likely N-dealkylation sites (tertiary alicyclic amines) is 2. The van der Waals surface area contributed by atoms with Crippen LogP contribution in [0.15, 0.2) is 12.3 Å². The molecule has 1 aromatic rings. The average molecular weight is 311 g/mol. The van der Waals surface area contributed by atoms with Crippen LogP contribution in [-0.4, -0.2) is 67.1 Å². The van der Waals surface area contributed by atoms with E-state index in [2.05, 4.69) is 9.88 Å². The number of hydrogen-bond donors (Lipinski definition) is 0. The lowest BCUT2D eigenvalue weighted by atomic mass is 9.78. The lowest BCUT2D eigenvalue weighted by Gasteiger charge is -2.48. The van der Waals surface area contributed by atoms with Gasteiger partial charge in [-0.05, 0) is 13.0 Å². The first kappa shape index (κ1) is 15.3. The second kappa shape index (κ2) is 5.89. The zero-order valence-corrected chi connectivity index (χ0v) is 12.5. The Balaban J connectivity index is 1.59. The van der Waals surface area contributed by atoms with Crippen molar-refractivity contribution in [2.75, 3.05) is 46.4 Å². The summed E-state index contributed by atoms with van der Waals surface area (Å²) in [5.41, 5.74) is -0.137. The van der Waals surface area contributed by atoms with Gasteiger partial charge in [0.1, 0.15) is 0 Å². The van der Waals surface area contributed by atoms with Crippen LogP contribution in [0.3, 0.4) is 0 Å². The van der Waals surface area contributed by atoms with E-state index in [0.717, 1.165) is 38.3 Å². The van der Waals surface area contributed by atoms with Crippen molar-refractivity contribution in [3.63, 3.8) is 0 Å². The summed E-state index contributed by atoms with van der Waals surface area (Å²) in [5.74, 6) is -2.08. The van der Waals surface area contributed by atoms with E-state index >= 15 is 0 Å². The number of rotatable bonds is 4. The maximum absolute atomic E-state index is 13.6. The molecule has 2 aliphatic rings. The predicted octanol–water partition coefficient (Wildman–Crippen LogP) is 1.15. The van der Waals surface area contributed by atoms with Crippen LogP contribution in [0.25, 0.3) is 0 Å². The number of pyridine rings is 1. The summed E-state index contributed by atoms with van der Waals surface area (Å²) in [6.07, 6.45) is 1.77. The topological polar surface area (TPSA) is 45.7 Å². The highest BCUT2D eigenvalue weighted by Gasteiger charge is 2.49. The van der Waals surface area contributed by atoms with Gasteiger partial charge in [0, 0.05) is 44.8 Å². The van der Waals surface area contributed by atoms with Crippen LogP contribution < -0.4 is 0 Å². The van der Waals surface area contributed by atoms with Crippen LogP contribution in [0.1, 0.15) is 16.8 Å². The predicted molar refractivity (Wildman–Crippen MR) is 75.4 cm³/mol. The minimum absolute atomic E-state index is 0.103. The molecule has 0 N–H and O–H groups in total. The molecule has 1 aromatic heterocycles. The van der Waals surface area contributed by atoms with Crippen molar-refractivity contribution < 1.29 is 18.3 Å². The summed E-state index contributed by atoms with van der Waals surface area (Å²) in [5, 5.41) is 0. The van der Waals surface area contributed by atoms with Crippen LogP contribution in [0, 0.1) is 17.2 Å². The monoisotopic (exact) mass is 311 g/mol. The second-order valence-corrected chi connectivity index (χ2v) is 6.17. The van der Waals surface area contributed by atoms with Gasteiger partial charge in [-0.25, -0.2) is 9.37 Å². The Morgan fingerprint density at radius 3 is 2.91 bits per heavy atom. The average Bonchev–Trinajstić information content (AvgIpc) is 2.90. The first-order valence-corrected chi connectivity index (χ1v) is 7.35. The van der Waals surface area contributed by atoms with E-state index in [1.54, 1.807) is 12.0 Å². The summed E-state index contributed by atoms with van der Waals surface area (Å²) in [6.45, 7) is 4.69. The number of hydrogen-bond acceptors (Lipinski definition) is 4. The maximum Gasteiger partial charge on any atom is 0.257 e. The maximum atomic E-state index is 13.6. The van der Waals surface area contributed by atoms with Gasteiger partial charge in [-0.3, -0.25) is 4.79 Å². The van der Waals surface area contributed by atoms with Gasteiger partial charge in [0.05, 0.1) is 18.4 Å². The van der Waals surface area contributed by atoms with E-state index in [-0.39, 0.29) is 11.0 Å². The van der Waals surface area contributed by atoms with Crippen molar-refractivity contribution in [2.24, 2.45) is 5.41 Å². The number of halogens is 2. The molecule has 2 saturated heterocycles. The fourth-order valence-corrected chi connectivity index (χ4v) is 3.35. The third-order valence-corrected chi connectivity index (χ3v) is 4.52. The summed E-state index contributed by atoms with van der Waals surface area (Å²) >= 11 is 0. The minimum Gasteiger partial charge on any atom is -0.383 e. The normalized spacial score (nSPS) is 20.4. The van der Waals surface area contributed by atoms with Gasteiger partial charge in [-0.15, -0.1) is 0 Å². The van der Waals surface area contributed by atoms with E-state index in [4.69, 9.17) is 4.74 Å². The molecule has 0 saturated carbocycles. The molecule has 5 nitrogen and oxygen atoms in total. The molecule has 0 aliphatic carbocycles. The molecule has 2 aliphatic heterocycles. The minimum atomic E-state index is -0.841. The summed E-state index contributed by atoms with van der Waals surface area (Å²) in [6, 6.07) is 0.863. The van der Waals surface area contributed by atoms with E-state index in [1.807, 2.05) is 0 Å². The molecule has 120 valence electrons. The Morgan fingerprint density at radius 1 is 1.41 bits per heavy atom. The Hall–Kier alpha value is -1.60. The number of nitrogens with zero attached hydrogens (tertiary/aromatic N) is 3. The van der Waals surface area contributed by atoms with Crippen LogP contribution >= 0.6 is 0 Å². The Labute approximate surface area is 127 Å². The molecule has 1 spiro atoms. The summed E-state index contributed by atoms with van der Waals surface area (Å²) in [4.78, 5) is 19.4. The van der Waals surface area contributed by atoms with E-state index in [1.165, 1.54) is 0 Å². The lowest BCUT2D eigenvalue weighted by molar-refractivity contribution is 0.00929. The highest BCUT2D eigenvalue weighted by Crippen LogP contribution is 2.40. The molecule has 3 heterocycles. The third-order valence-electron chi connectivity index (χ3n) is 4.52. The standard InChI is InChI=1S/C15H19F2N3O2/c1-22-5-4-19-3-2-15(8-19)9-20(10-15)14(21)11-6-13(17)18-7-12(11)16/h6-7H,2-5,8-10H2,1H3. The van der Waals surface area contributed by atoms with Gasteiger partial charge >= 0.3 is 0 Å². The first-order chi connectivity index (χ1) is 10.5. The highest BCUT2D eigenvalue weighted by molar-refractivity contribution is 5.95. The zero-order chi connectivity index (χ0) is 15.7. The Kier molecular flexibility index (Phi) is 4.10. The van der Waals surface area contributed by atoms with E-state index in [9.17, 15) is 13.6 Å². The molecule has 3 rings (SSSR count). The SMILES string of the molecule is COCCN1CCC2(C1)CN(C(=O)c1cc(F)ncc1F)C2. The molecule has 1 amide bonds. The number of ether oxygens (including phenoxy) is 1. The largest absolute Gasteiger partial charge is 0.383 e. The van der Waals surface area contributed by atoms with Gasteiger partial charge in [0.25, 0.3) is 5.91 Å². The molecule has 7 heteroatoms. The summed E-state index contributed by atoms with van der Waals surface area (Å²) in [7, 11) is 1.68. The van der Waals surface area contributed by atoms with Crippen LogP contribution in [0.5, 0.6) is 0 Å². The van der Waals surface area contributed by atoms with Crippen LogP contribution in [0.2, 0.25) is 0 Å². The van der Waals surface area contributed by atoms with Crippen molar-refractivity contribution in [1.29, 1.82) is 0 Å². The fourth-order valence-electron chi connectivity index (χ4n) is 3.35.